The second kappa shape index (κ2) is 4.84. The monoisotopic (exact) mass is 247 g/mol. The average molecular weight is 247 g/mol. The summed E-state index contributed by atoms with van der Waals surface area (Å²) in [5.74, 6) is 0.883. The van der Waals surface area contributed by atoms with Gasteiger partial charge in [-0.05, 0) is 39.3 Å². The fourth-order valence-electron chi connectivity index (χ4n) is 1.61. The van der Waals surface area contributed by atoms with Crippen molar-refractivity contribution in [2.45, 2.75) is 34.2 Å². The lowest BCUT2D eigenvalue weighted by Crippen LogP contribution is -2.04. The number of nitrogens with one attached hydrogen (secondary N) is 1. The van der Waals surface area contributed by atoms with Gasteiger partial charge in [0, 0.05) is 16.0 Å². The largest absolute Gasteiger partial charge is 0.364 e. The first kappa shape index (κ1) is 12.0. The molecule has 0 aromatic carbocycles. The van der Waals surface area contributed by atoms with Crippen LogP contribution in [0.4, 0.5) is 5.82 Å². The maximum absolute atomic E-state index is 4.45. The quantitative estimate of drug-likeness (QED) is 0.903. The summed E-state index contributed by atoms with van der Waals surface area (Å²) < 4.78 is 0. The van der Waals surface area contributed by atoms with Crippen molar-refractivity contribution in [1.82, 2.24) is 9.97 Å². The van der Waals surface area contributed by atoms with E-state index in [1.165, 1.54) is 15.3 Å². The predicted molar refractivity (Wildman–Crippen MR) is 72.6 cm³/mol. The zero-order valence-electron chi connectivity index (χ0n) is 10.7. The Morgan fingerprint density at radius 1 is 1.24 bits per heavy atom. The van der Waals surface area contributed by atoms with Crippen LogP contribution in [-0.4, -0.2) is 9.97 Å². The van der Waals surface area contributed by atoms with Crippen LogP contribution in [0.25, 0.3) is 0 Å². The minimum Gasteiger partial charge on any atom is -0.364 e. The third kappa shape index (κ3) is 2.82. The van der Waals surface area contributed by atoms with Crippen LogP contribution in [0.5, 0.6) is 0 Å². The lowest BCUT2D eigenvalue weighted by Gasteiger charge is -2.07. The molecule has 2 aromatic rings. The van der Waals surface area contributed by atoms with E-state index in [-0.39, 0.29) is 0 Å². The molecule has 0 aliphatic carbocycles. The summed E-state index contributed by atoms with van der Waals surface area (Å²) in [4.78, 5) is 11.5. The van der Waals surface area contributed by atoms with E-state index >= 15 is 0 Å². The topological polar surface area (TPSA) is 37.8 Å². The van der Waals surface area contributed by atoms with Gasteiger partial charge < -0.3 is 5.32 Å². The van der Waals surface area contributed by atoms with E-state index in [1.54, 1.807) is 6.20 Å². The number of rotatable bonds is 3. The van der Waals surface area contributed by atoms with Crippen LogP contribution < -0.4 is 5.32 Å². The van der Waals surface area contributed by atoms with Crippen molar-refractivity contribution in [2.75, 3.05) is 5.32 Å². The van der Waals surface area contributed by atoms with Gasteiger partial charge in [-0.3, -0.25) is 4.98 Å². The van der Waals surface area contributed by atoms with Crippen molar-refractivity contribution >= 4 is 17.2 Å². The first-order valence-corrected chi connectivity index (χ1v) is 6.48. The standard InChI is InChI=1S/C13H17N3S/c1-8-5-12(17-11(8)4)7-15-13-10(3)14-6-9(2)16-13/h5-6H,7H2,1-4H3,(H,15,16). The number of aromatic nitrogens is 2. The zero-order chi connectivity index (χ0) is 12.4. The minimum absolute atomic E-state index is 0.818. The Labute approximate surface area is 106 Å². The number of thiophene rings is 1. The van der Waals surface area contributed by atoms with Gasteiger partial charge in [-0.2, -0.15) is 0 Å². The van der Waals surface area contributed by atoms with Gasteiger partial charge in [-0.25, -0.2) is 4.98 Å². The molecule has 2 heterocycles. The lowest BCUT2D eigenvalue weighted by molar-refractivity contribution is 1.03. The normalized spacial score (nSPS) is 10.6. The Kier molecular flexibility index (Phi) is 3.43. The molecule has 0 aliphatic heterocycles. The number of hydrogen-bond acceptors (Lipinski definition) is 4. The minimum atomic E-state index is 0.818. The maximum Gasteiger partial charge on any atom is 0.148 e. The number of hydrogen-bond donors (Lipinski definition) is 1. The SMILES string of the molecule is Cc1cnc(C)c(NCc2cc(C)c(C)s2)n1. The molecule has 0 saturated carbocycles. The third-order valence-electron chi connectivity index (χ3n) is 2.72. The fourth-order valence-corrected chi connectivity index (χ4v) is 2.61. The average Bonchev–Trinajstić information content (AvgIpc) is 2.60. The van der Waals surface area contributed by atoms with E-state index in [0.717, 1.165) is 23.8 Å². The Hall–Kier alpha value is -1.42. The first-order chi connectivity index (χ1) is 8.06. The lowest BCUT2D eigenvalue weighted by atomic mass is 10.3. The van der Waals surface area contributed by atoms with Crippen LogP contribution in [0.2, 0.25) is 0 Å². The molecule has 0 saturated heterocycles. The van der Waals surface area contributed by atoms with Crippen molar-refractivity contribution in [3.05, 3.63) is 39.0 Å². The predicted octanol–water partition coefficient (Wildman–Crippen LogP) is 3.38. The molecule has 2 aromatic heterocycles. The number of anilines is 1. The molecule has 0 atom stereocenters. The maximum atomic E-state index is 4.45. The van der Waals surface area contributed by atoms with Gasteiger partial charge in [0.2, 0.25) is 0 Å². The van der Waals surface area contributed by atoms with Crippen LogP contribution in [-0.2, 0) is 6.54 Å². The van der Waals surface area contributed by atoms with E-state index in [4.69, 9.17) is 0 Å². The summed E-state index contributed by atoms with van der Waals surface area (Å²) in [6, 6.07) is 2.23. The van der Waals surface area contributed by atoms with Gasteiger partial charge in [0.1, 0.15) is 5.82 Å². The molecule has 3 nitrogen and oxygen atoms in total. The highest BCUT2D eigenvalue weighted by atomic mass is 32.1. The highest BCUT2D eigenvalue weighted by Gasteiger charge is 2.04. The molecule has 17 heavy (non-hydrogen) atoms. The Morgan fingerprint density at radius 3 is 2.65 bits per heavy atom. The van der Waals surface area contributed by atoms with Crippen molar-refractivity contribution in [3.63, 3.8) is 0 Å². The first-order valence-electron chi connectivity index (χ1n) is 5.66. The summed E-state index contributed by atoms with van der Waals surface area (Å²) in [6.07, 6.45) is 1.79. The van der Waals surface area contributed by atoms with Crippen LogP contribution >= 0.6 is 11.3 Å². The van der Waals surface area contributed by atoms with E-state index in [2.05, 4.69) is 35.2 Å². The molecular weight excluding hydrogens is 230 g/mol. The molecule has 90 valence electrons. The summed E-state index contributed by atoms with van der Waals surface area (Å²) in [7, 11) is 0. The van der Waals surface area contributed by atoms with E-state index in [9.17, 15) is 0 Å². The van der Waals surface area contributed by atoms with Crippen molar-refractivity contribution in [3.8, 4) is 0 Å². The summed E-state index contributed by atoms with van der Waals surface area (Å²) >= 11 is 1.83. The zero-order valence-corrected chi connectivity index (χ0v) is 11.5. The molecule has 0 radical (unpaired) electrons. The van der Waals surface area contributed by atoms with E-state index in [1.807, 2.05) is 25.2 Å². The van der Waals surface area contributed by atoms with Gasteiger partial charge in [0.15, 0.2) is 0 Å². The Balaban J connectivity index is 2.09. The molecule has 0 amide bonds. The number of aryl methyl sites for hydroxylation is 4. The molecule has 2 rings (SSSR count). The molecule has 0 unspecified atom stereocenters. The fraction of sp³-hybridized carbons (Fsp3) is 0.385. The highest BCUT2D eigenvalue weighted by Crippen LogP contribution is 2.21. The Morgan fingerprint density at radius 2 is 2.00 bits per heavy atom. The molecular formula is C13H17N3S. The smallest absolute Gasteiger partial charge is 0.148 e. The van der Waals surface area contributed by atoms with Gasteiger partial charge in [0.25, 0.3) is 0 Å². The van der Waals surface area contributed by atoms with Crippen LogP contribution in [0, 0.1) is 27.7 Å². The number of nitrogens with zero attached hydrogens (tertiary/aromatic N) is 2. The summed E-state index contributed by atoms with van der Waals surface area (Å²) in [5, 5.41) is 3.35. The highest BCUT2D eigenvalue weighted by molar-refractivity contribution is 7.12. The summed E-state index contributed by atoms with van der Waals surface area (Å²) in [5.41, 5.74) is 3.25. The van der Waals surface area contributed by atoms with Gasteiger partial charge in [-0.15, -0.1) is 11.3 Å². The molecule has 0 fully saturated rings. The molecule has 4 heteroatoms. The van der Waals surface area contributed by atoms with E-state index < -0.39 is 0 Å². The van der Waals surface area contributed by atoms with Crippen molar-refractivity contribution in [2.24, 2.45) is 0 Å². The summed E-state index contributed by atoms with van der Waals surface area (Å²) in [6.45, 7) is 9.04. The molecule has 1 N–H and O–H groups in total. The van der Waals surface area contributed by atoms with Crippen LogP contribution in [0.15, 0.2) is 12.3 Å². The third-order valence-corrected chi connectivity index (χ3v) is 3.88. The van der Waals surface area contributed by atoms with Crippen LogP contribution in [0.3, 0.4) is 0 Å². The van der Waals surface area contributed by atoms with E-state index in [0.29, 0.717) is 0 Å². The Bertz CT molecular complexity index is 512. The van der Waals surface area contributed by atoms with Crippen LogP contribution in [0.1, 0.15) is 26.7 Å². The molecule has 0 spiro atoms. The van der Waals surface area contributed by atoms with Gasteiger partial charge >= 0.3 is 0 Å². The second-order valence-corrected chi connectivity index (χ2v) is 5.59. The van der Waals surface area contributed by atoms with Crippen molar-refractivity contribution in [1.29, 1.82) is 0 Å². The molecule has 0 bridgehead atoms. The van der Waals surface area contributed by atoms with Gasteiger partial charge in [0.05, 0.1) is 17.9 Å². The second-order valence-electron chi connectivity index (χ2n) is 4.25. The van der Waals surface area contributed by atoms with Crippen molar-refractivity contribution < 1.29 is 0 Å². The molecule has 0 aliphatic rings. The van der Waals surface area contributed by atoms with Gasteiger partial charge in [-0.1, -0.05) is 0 Å².